The SMILES string of the molecule is CC(C)c1nc2ccc(CSC(=S)N3CCN(Cc4ccccc4)CC3)cc2c(=O)[nH]1. The van der Waals surface area contributed by atoms with E-state index in [0.29, 0.717) is 5.39 Å². The van der Waals surface area contributed by atoms with Crippen molar-refractivity contribution in [3.63, 3.8) is 0 Å². The van der Waals surface area contributed by atoms with Gasteiger partial charge in [-0.2, -0.15) is 0 Å². The lowest BCUT2D eigenvalue weighted by atomic mass is 10.1. The number of aromatic amines is 1. The Hall–Kier alpha value is -2.22. The highest BCUT2D eigenvalue weighted by atomic mass is 32.2. The average Bonchev–Trinajstić information content (AvgIpc) is 2.78. The third kappa shape index (κ3) is 5.53. The van der Waals surface area contributed by atoms with Crippen LogP contribution >= 0.6 is 24.0 Å². The summed E-state index contributed by atoms with van der Waals surface area (Å²) in [7, 11) is 0. The summed E-state index contributed by atoms with van der Waals surface area (Å²) < 4.78 is 0.932. The second kappa shape index (κ2) is 9.94. The molecule has 4 rings (SSSR count). The summed E-state index contributed by atoms with van der Waals surface area (Å²) >= 11 is 7.37. The lowest BCUT2D eigenvalue weighted by Gasteiger charge is -2.35. The van der Waals surface area contributed by atoms with Gasteiger partial charge in [-0.1, -0.05) is 74.2 Å². The Morgan fingerprint density at radius 3 is 2.55 bits per heavy atom. The molecule has 1 aliphatic rings. The number of fused-ring (bicyclic) bond motifs is 1. The van der Waals surface area contributed by atoms with Gasteiger partial charge in [0.05, 0.1) is 10.9 Å². The van der Waals surface area contributed by atoms with E-state index in [1.54, 1.807) is 11.8 Å². The summed E-state index contributed by atoms with van der Waals surface area (Å²) in [5, 5.41) is 0.642. The van der Waals surface area contributed by atoms with Gasteiger partial charge in [-0.05, 0) is 23.3 Å². The lowest BCUT2D eigenvalue weighted by molar-refractivity contribution is 0.179. The van der Waals surface area contributed by atoms with Gasteiger partial charge < -0.3 is 9.88 Å². The van der Waals surface area contributed by atoms with Crippen LogP contribution in [0.3, 0.4) is 0 Å². The first-order valence-electron chi connectivity index (χ1n) is 10.7. The van der Waals surface area contributed by atoms with Crippen molar-refractivity contribution in [2.75, 3.05) is 26.2 Å². The summed E-state index contributed by atoms with van der Waals surface area (Å²) in [6.45, 7) is 8.99. The molecule has 7 heteroatoms. The number of rotatable bonds is 5. The fraction of sp³-hybridized carbons (Fsp3) is 0.375. The summed E-state index contributed by atoms with van der Waals surface area (Å²) in [4.78, 5) is 24.7. The fourth-order valence-electron chi connectivity index (χ4n) is 3.73. The van der Waals surface area contributed by atoms with E-state index in [1.165, 1.54) is 5.56 Å². The number of H-pyrrole nitrogens is 1. The monoisotopic (exact) mass is 452 g/mol. The molecule has 5 nitrogen and oxygen atoms in total. The number of nitrogens with one attached hydrogen (secondary N) is 1. The predicted octanol–water partition coefficient (Wildman–Crippen LogP) is 4.38. The minimum atomic E-state index is -0.0716. The molecule has 1 N–H and O–H groups in total. The van der Waals surface area contributed by atoms with Crippen molar-refractivity contribution < 1.29 is 0 Å². The van der Waals surface area contributed by atoms with Crippen molar-refractivity contribution >= 4 is 39.2 Å². The standard InChI is InChI=1S/C24H28N4OS2/c1-17(2)22-25-21-9-8-19(14-20(21)23(29)26-22)16-31-24(30)28-12-10-27(11-13-28)15-18-6-4-3-5-7-18/h3-9,14,17H,10-13,15-16H2,1-2H3,(H,25,26,29). The Morgan fingerprint density at radius 2 is 1.84 bits per heavy atom. The second-order valence-electron chi connectivity index (χ2n) is 8.26. The highest BCUT2D eigenvalue weighted by molar-refractivity contribution is 8.22. The first-order valence-corrected chi connectivity index (χ1v) is 12.1. The van der Waals surface area contributed by atoms with Crippen LogP contribution in [0.2, 0.25) is 0 Å². The van der Waals surface area contributed by atoms with E-state index in [-0.39, 0.29) is 11.5 Å². The second-order valence-corrected chi connectivity index (χ2v) is 9.87. The van der Waals surface area contributed by atoms with E-state index in [9.17, 15) is 4.79 Å². The van der Waals surface area contributed by atoms with E-state index in [1.807, 2.05) is 32.0 Å². The van der Waals surface area contributed by atoms with Crippen LogP contribution in [0, 0.1) is 0 Å². The molecule has 0 bridgehead atoms. The molecule has 0 amide bonds. The number of thiocarbonyl (C=S) groups is 1. The first kappa shape index (κ1) is 22.0. The lowest BCUT2D eigenvalue weighted by Crippen LogP contribution is -2.47. The smallest absolute Gasteiger partial charge is 0.258 e. The summed E-state index contributed by atoms with van der Waals surface area (Å²) in [6, 6.07) is 16.5. The number of piperazine rings is 1. The van der Waals surface area contributed by atoms with Crippen molar-refractivity contribution in [1.29, 1.82) is 0 Å². The molecule has 3 aromatic rings. The normalized spacial score (nSPS) is 15.0. The molecule has 162 valence electrons. The molecule has 0 spiro atoms. The zero-order valence-corrected chi connectivity index (χ0v) is 19.6. The quantitative estimate of drug-likeness (QED) is 0.580. The molecule has 31 heavy (non-hydrogen) atoms. The Balaban J connectivity index is 1.31. The van der Waals surface area contributed by atoms with Gasteiger partial charge in [-0.25, -0.2) is 4.98 Å². The highest BCUT2D eigenvalue weighted by Gasteiger charge is 2.19. The van der Waals surface area contributed by atoms with Gasteiger partial charge in [0.1, 0.15) is 10.1 Å². The van der Waals surface area contributed by atoms with Crippen LogP contribution in [0.25, 0.3) is 10.9 Å². The van der Waals surface area contributed by atoms with Crippen LogP contribution in [-0.2, 0) is 12.3 Å². The molecule has 2 heterocycles. The topological polar surface area (TPSA) is 52.2 Å². The van der Waals surface area contributed by atoms with Gasteiger partial charge in [0.2, 0.25) is 0 Å². The average molecular weight is 453 g/mol. The van der Waals surface area contributed by atoms with Crippen LogP contribution in [-0.4, -0.2) is 50.3 Å². The van der Waals surface area contributed by atoms with Crippen LogP contribution in [0.1, 0.15) is 36.7 Å². The van der Waals surface area contributed by atoms with Gasteiger partial charge in [-0.3, -0.25) is 9.69 Å². The van der Waals surface area contributed by atoms with Gasteiger partial charge in [0, 0.05) is 44.4 Å². The molecular weight excluding hydrogens is 424 g/mol. The van der Waals surface area contributed by atoms with Crippen molar-refractivity contribution in [2.45, 2.75) is 32.1 Å². The summed E-state index contributed by atoms with van der Waals surface area (Å²) in [5.74, 6) is 1.68. The third-order valence-corrected chi connectivity index (χ3v) is 7.17. The van der Waals surface area contributed by atoms with Crippen molar-refractivity contribution in [3.8, 4) is 0 Å². The number of benzene rings is 2. The Labute approximate surface area is 192 Å². The predicted molar refractivity (Wildman–Crippen MR) is 134 cm³/mol. The maximum atomic E-state index is 12.5. The fourth-order valence-corrected chi connectivity index (χ4v) is 4.93. The first-order chi connectivity index (χ1) is 15.0. The van der Waals surface area contributed by atoms with E-state index < -0.39 is 0 Å². The van der Waals surface area contributed by atoms with Gasteiger partial charge in [-0.15, -0.1) is 0 Å². The van der Waals surface area contributed by atoms with Crippen molar-refractivity contribution in [3.05, 3.63) is 75.8 Å². The zero-order valence-electron chi connectivity index (χ0n) is 18.0. The van der Waals surface area contributed by atoms with Crippen molar-refractivity contribution in [1.82, 2.24) is 19.8 Å². The molecule has 0 atom stereocenters. The maximum Gasteiger partial charge on any atom is 0.258 e. The molecule has 1 aromatic heterocycles. The minimum absolute atomic E-state index is 0.0716. The number of nitrogens with zero attached hydrogens (tertiary/aromatic N) is 3. The van der Waals surface area contributed by atoms with E-state index >= 15 is 0 Å². The van der Waals surface area contributed by atoms with E-state index in [2.05, 4.69) is 50.1 Å². The Bertz CT molecular complexity index is 1110. The van der Waals surface area contributed by atoms with Gasteiger partial charge in [0.15, 0.2) is 0 Å². The number of aromatic nitrogens is 2. The maximum absolute atomic E-state index is 12.5. The molecule has 1 aliphatic heterocycles. The Morgan fingerprint density at radius 1 is 1.10 bits per heavy atom. The minimum Gasteiger partial charge on any atom is -0.355 e. The number of thioether (sulfide) groups is 1. The molecular formula is C24H28N4OS2. The zero-order chi connectivity index (χ0) is 21.8. The molecule has 2 aromatic carbocycles. The van der Waals surface area contributed by atoms with E-state index in [4.69, 9.17) is 12.2 Å². The third-order valence-electron chi connectivity index (χ3n) is 5.58. The highest BCUT2D eigenvalue weighted by Crippen LogP contribution is 2.21. The molecule has 0 aliphatic carbocycles. The number of hydrogen-bond acceptors (Lipinski definition) is 5. The Kier molecular flexibility index (Phi) is 7.05. The molecule has 0 radical (unpaired) electrons. The van der Waals surface area contributed by atoms with E-state index in [0.717, 1.165) is 59.7 Å². The summed E-state index contributed by atoms with van der Waals surface area (Å²) in [6.07, 6.45) is 0. The molecule has 1 saturated heterocycles. The van der Waals surface area contributed by atoms with Crippen LogP contribution < -0.4 is 5.56 Å². The van der Waals surface area contributed by atoms with Gasteiger partial charge in [0.25, 0.3) is 5.56 Å². The van der Waals surface area contributed by atoms with Gasteiger partial charge >= 0.3 is 0 Å². The molecule has 1 fully saturated rings. The molecule has 0 saturated carbocycles. The summed E-state index contributed by atoms with van der Waals surface area (Å²) in [5.41, 5.74) is 3.12. The van der Waals surface area contributed by atoms with Crippen molar-refractivity contribution in [2.24, 2.45) is 0 Å². The van der Waals surface area contributed by atoms with Crippen LogP contribution in [0.4, 0.5) is 0 Å². The van der Waals surface area contributed by atoms with Crippen LogP contribution in [0.5, 0.6) is 0 Å². The molecule has 0 unspecified atom stereocenters. The largest absolute Gasteiger partial charge is 0.355 e. The number of hydrogen-bond donors (Lipinski definition) is 1. The van der Waals surface area contributed by atoms with Crippen LogP contribution in [0.15, 0.2) is 53.3 Å².